The van der Waals surface area contributed by atoms with Crippen molar-refractivity contribution in [3.63, 3.8) is 0 Å². The van der Waals surface area contributed by atoms with Crippen molar-refractivity contribution >= 4 is 46.6 Å². The number of hydrogen-bond acceptors (Lipinski definition) is 7. The summed E-state index contributed by atoms with van der Waals surface area (Å²) in [5.74, 6) is -0.386. The van der Waals surface area contributed by atoms with Gasteiger partial charge >= 0.3 is 5.97 Å². The van der Waals surface area contributed by atoms with E-state index in [1.165, 1.54) is 6.08 Å². The lowest BCUT2D eigenvalue weighted by Gasteiger charge is -2.15. The Bertz CT molecular complexity index is 1130. The zero-order valence-electron chi connectivity index (χ0n) is 19.4. The maximum absolute atomic E-state index is 12.7. The van der Waals surface area contributed by atoms with E-state index >= 15 is 0 Å². The first-order valence-electron chi connectivity index (χ1n) is 10.8. The standard InChI is InChI=1S/C25H26ClNO6S/c1-5-31-20-11-17(10-19(26)23(20)32-14-18-9-7-6-8-16(18)4)12-21-24(29)27(25(30)34-21)13-22(28)33-15(2)3/h6-12,15H,5,13-14H2,1-4H3/b21-12-. The summed E-state index contributed by atoms with van der Waals surface area (Å²) in [6, 6.07) is 11.2. The Morgan fingerprint density at radius 1 is 1.18 bits per heavy atom. The van der Waals surface area contributed by atoms with Crippen LogP contribution in [0.3, 0.4) is 0 Å². The van der Waals surface area contributed by atoms with E-state index in [0.717, 1.165) is 27.8 Å². The molecule has 9 heteroatoms. The number of halogens is 1. The molecule has 1 fully saturated rings. The van der Waals surface area contributed by atoms with Crippen molar-refractivity contribution in [3.05, 3.63) is 63.0 Å². The molecule has 2 amide bonds. The van der Waals surface area contributed by atoms with Gasteiger partial charge in [-0.1, -0.05) is 35.9 Å². The fourth-order valence-corrected chi connectivity index (χ4v) is 4.33. The van der Waals surface area contributed by atoms with Gasteiger partial charge in [-0.2, -0.15) is 0 Å². The second-order valence-electron chi connectivity index (χ2n) is 7.78. The number of hydrogen-bond donors (Lipinski definition) is 0. The van der Waals surface area contributed by atoms with Gasteiger partial charge in [0.1, 0.15) is 13.2 Å². The normalized spacial score (nSPS) is 14.8. The van der Waals surface area contributed by atoms with Gasteiger partial charge in [0.2, 0.25) is 0 Å². The number of carbonyl (C=O) groups excluding carboxylic acids is 3. The molecule has 34 heavy (non-hydrogen) atoms. The van der Waals surface area contributed by atoms with Crippen molar-refractivity contribution in [2.24, 2.45) is 0 Å². The molecule has 1 saturated heterocycles. The lowest BCUT2D eigenvalue weighted by molar-refractivity contribution is -0.149. The third-order valence-electron chi connectivity index (χ3n) is 4.79. The first-order valence-corrected chi connectivity index (χ1v) is 12.0. The number of aryl methyl sites for hydroxylation is 1. The first kappa shape index (κ1) is 25.6. The quantitative estimate of drug-likeness (QED) is 0.324. The van der Waals surface area contributed by atoms with Gasteiger partial charge < -0.3 is 14.2 Å². The molecule has 0 aliphatic carbocycles. The Labute approximate surface area is 208 Å². The third-order valence-corrected chi connectivity index (χ3v) is 5.98. The fraction of sp³-hybridized carbons (Fsp3) is 0.320. The second-order valence-corrected chi connectivity index (χ2v) is 9.19. The zero-order valence-corrected chi connectivity index (χ0v) is 21.0. The number of carbonyl (C=O) groups is 3. The van der Waals surface area contributed by atoms with Crippen LogP contribution in [0.1, 0.15) is 37.5 Å². The van der Waals surface area contributed by atoms with Crippen molar-refractivity contribution < 1.29 is 28.6 Å². The van der Waals surface area contributed by atoms with Crippen LogP contribution in [0.15, 0.2) is 41.3 Å². The number of esters is 1. The van der Waals surface area contributed by atoms with Crippen LogP contribution in [0.2, 0.25) is 5.02 Å². The van der Waals surface area contributed by atoms with E-state index in [2.05, 4.69) is 0 Å². The van der Waals surface area contributed by atoms with E-state index in [1.54, 1.807) is 26.0 Å². The highest BCUT2D eigenvalue weighted by Crippen LogP contribution is 2.39. The minimum Gasteiger partial charge on any atom is -0.490 e. The highest BCUT2D eigenvalue weighted by molar-refractivity contribution is 8.18. The van der Waals surface area contributed by atoms with E-state index in [-0.39, 0.29) is 11.0 Å². The largest absolute Gasteiger partial charge is 0.490 e. The molecule has 2 aromatic carbocycles. The van der Waals surface area contributed by atoms with Crippen LogP contribution < -0.4 is 9.47 Å². The molecule has 7 nitrogen and oxygen atoms in total. The third kappa shape index (κ3) is 6.33. The summed E-state index contributed by atoms with van der Waals surface area (Å²) in [6.45, 7) is 7.50. The maximum Gasteiger partial charge on any atom is 0.326 e. The number of nitrogens with zero attached hydrogens (tertiary/aromatic N) is 1. The van der Waals surface area contributed by atoms with Crippen LogP contribution >= 0.6 is 23.4 Å². The van der Waals surface area contributed by atoms with Crippen molar-refractivity contribution in [1.82, 2.24) is 4.90 Å². The van der Waals surface area contributed by atoms with Crippen molar-refractivity contribution in [3.8, 4) is 11.5 Å². The summed E-state index contributed by atoms with van der Waals surface area (Å²) in [6.07, 6.45) is 1.20. The van der Waals surface area contributed by atoms with Crippen molar-refractivity contribution in [2.75, 3.05) is 13.2 Å². The number of amides is 2. The van der Waals surface area contributed by atoms with Crippen LogP contribution in [-0.2, 0) is 20.9 Å². The first-order chi connectivity index (χ1) is 16.2. The molecule has 0 saturated carbocycles. The predicted octanol–water partition coefficient (Wildman–Crippen LogP) is 5.61. The minimum absolute atomic E-state index is 0.175. The summed E-state index contributed by atoms with van der Waals surface area (Å²) in [5, 5.41) is -0.225. The molecule has 1 heterocycles. The summed E-state index contributed by atoms with van der Waals surface area (Å²) < 4.78 is 16.7. The zero-order chi connectivity index (χ0) is 24.8. The molecule has 3 rings (SSSR count). The minimum atomic E-state index is -0.643. The summed E-state index contributed by atoms with van der Waals surface area (Å²) in [4.78, 5) is 38.0. The molecular formula is C25H26ClNO6S. The Morgan fingerprint density at radius 2 is 1.91 bits per heavy atom. The van der Waals surface area contributed by atoms with Crippen LogP contribution in [0, 0.1) is 6.92 Å². The SMILES string of the molecule is CCOc1cc(/C=C2\SC(=O)N(CC(=O)OC(C)C)C2=O)cc(Cl)c1OCc1ccccc1C. The molecule has 0 spiro atoms. The molecule has 180 valence electrons. The Balaban J connectivity index is 1.82. The van der Waals surface area contributed by atoms with E-state index < -0.39 is 23.7 Å². The van der Waals surface area contributed by atoms with Gasteiger partial charge in [-0.25, -0.2) is 0 Å². The van der Waals surface area contributed by atoms with Crippen LogP contribution in [0.4, 0.5) is 4.79 Å². The molecule has 0 bridgehead atoms. The average Bonchev–Trinajstić information content (AvgIpc) is 3.01. The van der Waals surface area contributed by atoms with Gasteiger partial charge in [-0.15, -0.1) is 0 Å². The lowest BCUT2D eigenvalue weighted by atomic mass is 10.1. The molecule has 0 radical (unpaired) electrons. The van der Waals surface area contributed by atoms with Crippen LogP contribution in [0.5, 0.6) is 11.5 Å². The highest BCUT2D eigenvalue weighted by atomic mass is 35.5. The van der Waals surface area contributed by atoms with E-state index in [9.17, 15) is 14.4 Å². The van der Waals surface area contributed by atoms with Gasteiger partial charge in [0.15, 0.2) is 11.5 Å². The number of benzene rings is 2. The highest BCUT2D eigenvalue weighted by Gasteiger charge is 2.37. The molecule has 0 aromatic heterocycles. The van der Waals surface area contributed by atoms with Gasteiger partial charge in [0, 0.05) is 0 Å². The van der Waals surface area contributed by atoms with Crippen LogP contribution in [-0.4, -0.2) is 41.3 Å². The maximum atomic E-state index is 12.7. The number of ether oxygens (including phenoxy) is 3. The molecule has 2 aromatic rings. The molecule has 1 aliphatic heterocycles. The second kappa shape index (κ2) is 11.4. The van der Waals surface area contributed by atoms with Gasteiger partial charge in [0.25, 0.3) is 11.1 Å². The summed E-state index contributed by atoms with van der Waals surface area (Å²) in [7, 11) is 0. The fourth-order valence-electron chi connectivity index (χ4n) is 3.21. The topological polar surface area (TPSA) is 82.1 Å². The van der Waals surface area contributed by atoms with E-state index in [0.29, 0.717) is 35.3 Å². The lowest BCUT2D eigenvalue weighted by Crippen LogP contribution is -2.35. The molecule has 0 atom stereocenters. The van der Waals surface area contributed by atoms with Gasteiger partial charge in [0.05, 0.1) is 22.6 Å². The predicted molar refractivity (Wildman–Crippen MR) is 132 cm³/mol. The van der Waals surface area contributed by atoms with Crippen LogP contribution in [0.25, 0.3) is 6.08 Å². The average molecular weight is 504 g/mol. The molecule has 0 unspecified atom stereocenters. The number of thioether (sulfide) groups is 1. The Hall–Kier alpha value is -2.97. The Kier molecular flexibility index (Phi) is 8.63. The van der Waals surface area contributed by atoms with Crippen molar-refractivity contribution in [1.29, 1.82) is 0 Å². The smallest absolute Gasteiger partial charge is 0.326 e. The van der Waals surface area contributed by atoms with Gasteiger partial charge in [-0.05, 0) is 74.4 Å². The monoisotopic (exact) mass is 503 g/mol. The Morgan fingerprint density at radius 3 is 2.59 bits per heavy atom. The number of rotatable bonds is 9. The number of imide groups is 1. The van der Waals surface area contributed by atoms with E-state index in [1.807, 2.05) is 38.1 Å². The van der Waals surface area contributed by atoms with Gasteiger partial charge in [-0.3, -0.25) is 19.3 Å². The summed E-state index contributed by atoms with van der Waals surface area (Å²) >= 11 is 7.26. The molecular weight excluding hydrogens is 478 g/mol. The molecule has 1 aliphatic rings. The molecule has 0 N–H and O–H groups in total. The van der Waals surface area contributed by atoms with Crippen molar-refractivity contribution in [2.45, 2.75) is 40.4 Å². The van der Waals surface area contributed by atoms with E-state index in [4.69, 9.17) is 25.8 Å². The summed E-state index contributed by atoms with van der Waals surface area (Å²) in [5.41, 5.74) is 2.68.